The van der Waals surface area contributed by atoms with Crippen molar-refractivity contribution < 1.29 is 9.53 Å². The number of aliphatic hydroxyl groups excluding tert-OH is 1. The van der Waals surface area contributed by atoms with Crippen molar-refractivity contribution in [2.75, 3.05) is 6.61 Å². The molecule has 0 bridgehead atoms. The van der Waals surface area contributed by atoms with Gasteiger partial charge in [-0.05, 0) is 69.3 Å². The Kier molecular flexibility index (Phi) is 7.07. The highest BCUT2D eigenvalue weighted by Gasteiger charge is 2.49. The van der Waals surface area contributed by atoms with Crippen LogP contribution in [0.15, 0.2) is 28.7 Å². The monoisotopic (exact) mass is 455 g/mol. The van der Waals surface area contributed by atoms with Gasteiger partial charge in [0, 0.05) is 22.7 Å². The Bertz CT molecular complexity index is 641. The highest BCUT2D eigenvalue weighted by Crippen LogP contribution is 2.45. The molecule has 1 aromatic carbocycles. The van der Waals surface area contributed by atoms with Gasteiger partial charge in [-0.1, -0.05) is 54.9 Å². The van der Waals surface area contributed by atoms with Crippen LogP contribution in [0.25, 0.3) is 0 Å². The van der Waals surface area contributed by atoms with E-state index in [4.69, 9.17) is 4.43 Å². The molecule has 27 heavy (non-hydrogen) atoms. The first-order valence-corrected chi connectivity index (χ1v) is 13.9. The molecule has 2 rings (SSSR count). The Morgan fingerprint density at radius 1 is 1.22 bits per heavy atom. The third-order valence-corrected chi connectivity index (χ3v) is 12.0. The zero-order chi connectivity index (χ0) is 20.5. The molecule has 0 amide bonds. The van der Waals surface area contributed by atoms with E-state index in [1.165, 1.54) is 5.56 Å². The van der Waals surface area contributed by atoms with Gasteiger partial charge in [-0.15, -0.1) is 0 Å². The van der Waals surface area contributed by atoms with Crippen LogP contribution in [-0.2, 0) is 9.96 Å². The average molecular weight is 457 g/mol. The highest BCUT2D eigenvalue weighted by atomic mass is 79.9. The molecule has 2 atom stereocenters. The van der Waals surface area contributed by atoms with Gasteiger partial charge in [-0.25, -0.2) is 0 Å². The smallest absolute Gasteiger partial charge is 0.192 e. The average Bonchev–Trinajstić information content (AvgIpc) is 2.98. The second-order valence-electron chi connectivity index (χ2n) is 10.1. The Hall–Kier alpha value is -0.203. The molecule has 0 saturated carbocycles. The maximum absolute atomic E-state index is 9.47. The summed E-state index contributed by atoms with van der Waals surface area (Å²) in [5.41, 5.74) is 0.955. The maximum atomic E-state index is 9.47. The lowest BCUT2D eigenvalue weighted by atomic mass is 9.84. The molecule has 0 spiro atoms. The third-order valence-electron chi connectivity index (χ3n) is 6.62. The van der Waals surface area contributed by atoms with E-state index in [9.17, 15) is 5.11 Å². The minimum Gasteiger partial charge on any atom is -0.410 e. The van der Waals surface area contributed by atoms with Crippen molar-refractivity contribution in [3.05, 3.63) is 34.3 Å². The molecule has 1 aliphatic heterocycles. The molecule has 0 radical (unpaired) electrons. The standard InChI is InChI=1S/C22H38BrNO2Si/c1-20(2,3)27(6,7)26-21(4,5)19-13-15-22(24-19,14-10-16-25)17-11-8-9-12-18(17)23/h8-9,11-12,19,24-25H,10,13-16H2,1-7H3/t19-,22+/m1/s1. The van der Waals surface area contributed by atoms with Crippen LogP contribution in [-0.4, -0.2) is 31.7 Å². The van der Waals surface area contributed by atoms with E-state index in [1.807, 2.05) is 0 Å². The van der Waals surface area contributed by atoms with Crippen LogP contribution in [0.2, 0.25) is 18.1 Å². The first kappa shape index (κ1) is 23.1. The molecule has 1 aliphatic rings. The van der Waals surface area contributed by atoms with Gasteiger partial charge in [-0.3, -0.25) is 0 Å². The first-order chi connectivity index (χ1) is 12.3. The summed E-state index contributed by atoms with van der Waals surface area (Å²) in [7, 11) is -1.86. The van der Waals surface area contributed by atoms with Crippen LogP contribution in [0.1, 0.15) is 65.9 Å². The molecule has 0 aliphatic carbocycles. The van der Waals surface area contributed by atoms with Crippen LogP contribution in [0.3, 0.4) is 0 Å². The predicted octanol–water partition coefficient (Wildman–Crippen LogP) is 5.97. The lowest BCUT2D eigenvalue weighted by molar-refractivity contribution is 0.0502. The van der Waals surface area contributed by atoms with E-state index < -0.39 is 8.32 Å². The molecule has 5 heteroatoms. The summed E-state index contributed by atoms with van der Waals surface area (Å²) >= 11 is 3.75. The maximum Gasteiger partial charge on any atom is 0.192 e. The van der Waals surface area contributed by atoms with E-state index in [0.29, 0.717) is 0 Å². The molecule has 0 aromatic heterocycles. The minimum atomic E-state index is -1.86. The van der Waals surface area contributed by atoms with Crippen molar-refractivity contribution in [1.82, 2.24) is 5.32 Å². The normalized spacial score (nSPS) is 24.4. The third kappa shape index (κ3) is 5.05. The fraction of sp³-hybridized carbons (Fsp3) is 0.727. The molecule has 154 valence electrons. The van der Waals surface area contributed by atoms with Crippen LogP contribution >= 0.6 is 15.9 Å². The van der Waals surface area contributed by atoms with Crippen LogP contribution in [0.5, 0.6) is 0 Å². The van der Waals surface area contributed by atoms with Crippen molar-refractivity contribution in [3.63, 3.8) is 0 Å². The molecule has 2 N–H and O–H groups in total. The van der Waals surface area contributed by atoms with E-state index in [0.717, 1.165) is 30.2 Å². The molecular weight excluding hydrogens is 418 g/mol. The van der Waals surface area contributed by atoms with Crippen molar-refractivity contribution in [3.8, 4) is 0 Å². The van der Waals surface area contributed by atoms with Gasteiger partial charge in [0.05, 0.1) is 5.60 Å². The number of halogens is 1. The van der Waals surface area contributed by atoms with Gasteiger partial charge in [-0.2, -0.15) is 0 Å². The second kappa shape index (κ2) is 8.27. The minimum absolute atomic E-state index is 0.110. The van der Waals surface area contributed by atoms with Crippen molar-refractivity contribution in [2.45, 2.75) is 95.6 Å². The lowest BCUT2D eigenvalue weighted by Crippen LogP contribution is -2.56. The van der Waals surface area contributed by atoms with E-state index >= 15 is 0 Å². The summed E-state index contributed by atoms with van der Waals surface area (Å²) in [6.07, 6.45) is 3.86. The van der Waals surface area contributed by atoms with Crippen molar-refractivity contribution >= 4 is 24.2 Å². The fourth-order valence-electron chi connectivity index (χ4n) is 4.05. The summed E-state index contributed by atoms with van der Waals surface area (Å²) in [6.45, 7) is 16.3. The topological polar surface area (TPSA) is 41.5 Å². The molecule has 1 aromatic rings. The summed E-state index contributed by atoms with van der Waals surface area (Å²) in [5, 5.41) is 13.6. The number of hydrogen-bond donors (Lipinski definition) is 2. The number of rotatable bonds is 7. The highest BCUT2D eigenvalue weighted by molar-refractivity contribution is 9.10. The SMILES string of the molecule is CC(C)(O[Si](C)(C)C(C)(C)C)[C@H]1CC[C@@](CCCO)(c2ccccc2Br)N1. The summed E-state index contributed by atoms with van der Waals surface area (Å²) < 4.78 is 7.99. The van der Waals surface area contributed by atoms with Gasteiger partial charge >= 0.3 is 0 Å². The predicted molar refractivity (Wildman–Crippen MR) is 121 cm³/mol. The molecular formula is C22H38BrNO2Si. The van der Waals surface area contributed by atoms with Crippen LogP contribution in [0, 0.1) is 0 Å². The van der Waals surface area contributed by atoms with E-state index in [1.54, 1.807) is 0 Å². The first-order valence-electron chi connectivity index (χ1n) is 10.2. The number of nitrogens with one attached hydrogen (secondary N) is 1. The second-order valence-corrected chi connectivity index (χ2v) is 15.7. The number of benzene rings is 1. The van der Waals surface area contributed by atoms with E-state index in [-0.39, 0.29) is 28.8 Å². The Balaban J connectivity index is 2.28. The van der Waals surface area contributed by atoms with Gasteiger partial charge in [0.2, 0.25) is 0 Å². The van der Waals surface area contributed by atoms with Crippen LogP contribution < -0.4 is 5.32 Å². The van der Waals surface area contributed by atoms with Gasteiger partial charge < -0.3 is 14.8 Å². The quantitative estimate of drug-likeness (QED) is 0.497. The molecule has 1 saturated heterocycles. The molecule has 1 heterocycles. The number of aliphatic hydroxyl groups is 1. The summed E-state index contributed by atoms with van der Waals surface area (Å²) in [6, 6.07) is 8.77. The largest absolute Gasteiger partial charge is 0.410 e. The van der Waals surface area contributed by atoms with Crippen LogP contribution in [0.4, 0.5) is 0 Å². The van der Waals surface area contributed by atoms with Gasteiger partial charge in [0.15, 0.2) is 8.32 Å². The van der Waals surface area contributed by atoms with E-state index in [2.05, 4.69) is 93.2 Å². The van der Waals surface area contributed by atoms with Crippen molar-refractivity contribution in [1.29, 1.82) is 0 Å². The lowest BCUT2D eigenvalue weighted by Gasteiger charge is -2.46. The molecule has 3 nitrogen and oxygen atoms in total. The van der Waals surface area contributed by atoms with Crippen molar-refractivity contribution in [2.24, 2.45) is 0 Å². The summed E-state index contributed by atoms with van der Waals surface area (Å²) in [4.78, 5) is 0. The zero-order valence-electron chi connectivity index (χ0n) is 18.2. The fourth-order valence-corrected chi connectivity index (χ4v) is 6.47. The zero-order valence-corrected chi connectivity index (χ0v) is 20.7. The molecule has 1 fully saturated rings. The summed E-state index contributed by atoms with van der Waals surface area (Å²) in [5.74, 6) is 0. The Morgan fingerprint density at radius 2 is 1.85 bits per heavy atom. The Morgan fingerprint density at radius 3 is 2.41 bits per heavy atom. The van der Waals surface area contributed by atoms with Gasteiger partial charge in [0.25, 0.3) is 0 Å². The molecule has 0 unspecified atom stereocenters. The number of hydrogen-bond acceptors (Lipinski definition) is 3. The van der Waals surface area contributed by atoms with Gasteiger partial charge in [0.1, 0.15) is 0 Å². The Labute approximate surface area is 175 Å².